The van der Waals surface area contributed by atoms with Crippen molar-refractivity contribution in [1.82, 2.24) is 36.3 Å². The molecule has 0 spiro atoms. The first-order valence-electron chi connectivity index (χ1n) is 21.8. The van der Waals surface area contributed by atoms with Crippen molar-refractivity contribution < 1.29 is 59.0 Å². The SMILES string of the molecule is Cc1cc(O)cc(C)c1C[C@H](N)C(=O)N[C@H](CCCN=C(N)N)C(=O)N[C@@H](Cc1ccccc1)C(=O)N[C@@H](CCCCNC(=O)OCC#Cc1cn([C@H]2O[C@H](CO)[C@H](O)[C@H](O)[C@H]2O)nn1)C(N)=O. The Bertz CT molecular complexity index is 2240. The Morgan fingerprint density at radius 2 is 1.51 bits per heavy atom. The summed E-state index contributed by atoms with van der Waals surface area (Å²) in [5, 5.41) is 67.9. The number of phenolic OH excluding ortho intramolecular Hbond substituents is 1. The van der Waals surface area contributed by atoms with Gasteiger partial charge in [0.2, 0.25) is 23.6 Å². The molecule has 2 aromatic carbocycles. The summed E-state index contributed by atoms with van der Waals surface area (Å²) in [5.74, 6) is 2.24. The van der Waals surface area contributed by atoms with E-state index in [1.165, 1.54) is 6.20 Å². The highest BCUT2D eigenvalue weighted by Crippen LogP contribution is 2.28. The fourth-order valence-electron chi connectivity index (χ4n) is 7.25. The van der Waals surface area contributed by atoms with E-state index in [0.29, 0.717) is 18.4 Å². The van der Waals surface area contributed by atoms with E-state index in [1.54, 1.807) is 56.3 Å². The van der Waals surface area contributed by atoms with Gasteiger partial charge in [0.05, 0.1) is 18.8 Å². The summed E-state index contributed by atoms with van der Waals surface area (Å²) in [6.45, 7) is 2.88. The number of aliphatic hydroxyl groups is 4. The number of alkyl carbamates (subject to hydrolysis) is 1. The number of nitrogens with two attached hydrogens (primary N) is 4. The van der Waals surface area contributed by atoms with Crippen LogP contribution in [0.15, 0.2) is 53.7 Å². The molecule has 24 heteroatoms. The third-order valence-corrected chi connectivity index (χ3v) is 10.9. The summed E-state index contributed by atoms with van der Waals surface area (Å²) in [4.78, 5) is 70.1. The number of unbranched alkanes of at least 4 members (excludes halogenated alkanes) is 1. The van der Waals surface area contributed by atoms with Gasteiger partial charge in [-0.05, 0) is 92.7 Å². The first kappa shape index (κ1) is 53.7. The highest BCUT2D eigenvalue weighted by molar-refractivity contribution is 5.94. The highest BCUT2D eigenvalue weighted by Gasteiger charge is 2.44. The molecule has 1 aromatic heterocycles. The highest BCUT2D eigenvalue weighted by atomic mass is 16.6. The quantitative estimate of drug-likeness (QED) is 0.0191. The van der Waals surface area contributed by atoms with Gasteiger partial charge in [-0.1, -0.05) is 41.5 Å². The summed E-state index contributed by atoms with van der Waals surface area (Å²) >= 11 is 0. The molecule has 9 atom stereocenters. The minimum atomic E-state index is -1.61. The number of aromatic nitrogens is 3. The summed E-state index contributed by atoms with van der Waals surface area (Å²) in [6.07, 6.45) is -5.42. The Balaban J connectivity index is 1.31. The number of ether oxygens (including phenoxy) is 2. The smallest absolute Gasteiger partial charge is 0.408 e. The molecular weight excluding hydrogens is 889 g/mol. The number of nitrogens with one attached hydrogen (secondary N) is 4. The molecule has 0 saturated carbocycles. The first-order valence-corrected chi connectivity index (χ1v) is 21.8. The van der Waals surface area contributed by atoms with Crippen LogP contribution in [-0.2, 0) is 41.5 Å². The molecule has 1 aliphatic heterocycles. The molecule has 24 nitrogen and oxygen atoms in total. The van der Waals surface area contributed by atoms with E-state index in [4.69, 9.17) is 32.4 Å². The van der Waals surface area contributed by atoms with Crippen LogP contribution in [0.4, 0.5) is 4.79 Å². The summed E-state index contributed by atoms with van der Waals surface area (Å²) in [7, 11) is 0. The number of hydrogen-bond acceptors (Lipinski definition) is 16. The zero-order valence-electron chi connectivity index (χ0n) is 37.8. The average Bonchev–Trinajstić information content (AvgIpc) is 3.77. The van der Waals surface area contributed by atoms with E-state index in [2.05, 4.69) is 48.4 Å². The largest absolute Gasteiger partial charge is 0.508 e. The summed E-state index contributed by atoms with van der Waals surface area (Å²) in [6, 6.07) is 7.30. The molecule has 0 radical (unpaired) electrons. The molecule has 4 rings (SSSR count). The zero-order valence-corrected chi connectivity index (χ0v) is 37.8. The number of carbonyl (C=O) groups excluding carboxylic acids is 5. The molecule has 0 aliphatic carbocycles. The van der Waals surface area contributed by atoms with Gasteiger partial charge in [-0.3, -0.25) is 24.2 Å². The molecule has 0 bridgehead atoms. The van der Waals surface area contributed by atoms with Crippen molar-refractivity contribution in [3.05, 3.63) is 76.6 Å². The Morgan fingerprint density at radius 1 is 0.868 bits per heavy atom. The number of aliphatic imine (C=N–C) groups is 1. The number of benzene rings is 2. The van der Waals surface area contributed by atoms with E-state index in [9.17, 15) is 49.5 Å². The number of phenols is 1. The number of rotatable bonds is 23. The van der Waals surface area contributed by atoms with Crippen molar-refractivity contribution in [2.45, 2.75) is 114 Å². The molecule has 3 aromatic rings. The van der Waals surface area contributed by atoms with Crippen LogP contribution < -0.4 is 44.2 Å². The maximum Gasteiger partial charge on any atom is 0.408 e. The molecule has 2 heterocycles. The minimum Gasteiger partial charge on any atom is -0.508 e. The fourth-order valence-corrected chi connectivity index (χ4v) is 7.25. The topological polar surface area (TPSA) is 400 Å². The lowest BCUT2D eigenvalue weighted by molar-refractivity contribution is -0.254. The number of carbonyl (C=O) groups is 5. The second kappa shape index (κ2) is 26.5. The molecular formula is C44H62N12O12. The van der Waals surface area contributed by atoms with Gasteiger partial charge in [0, 0.05) is 19.5 Å². The lowest BCUT2D eigenvalue weighted by Gasteiger charge is -2.39. The minimum absolute atomic E-state index is 0.0101. The van der Waals surface area contributed by atoms with Gasteiger partial charge in [-0.2, -0.15) is 0 Å². The summed E-state index contributed by atoms with van der Waals surface area (Å²) in [5.41, 5.74) is 26.0. The molecule has 0 unspecified atom stereocenters. The second-order valence-corrected chi connectivity index (χ2v) is 16.2. The Morgan fingerprint density at radius 3 is 2.18 bits per heavy atom. The van der Waals surface area contributed by atoms with Gasteiger partial charge < -0.3 is 79.2 Å². The Hall–Kier alpha value is -6.88. The van der Waals surface area contributed by atoms with Crippen LogP contribution in [0.3, 0.4) is 0 Å². The molecule has 1 saturated heterocycles. The van der Waals surface area contributed by atoms with E-state index in [0.717, 1.165) is 21.4 Å². The van der Waals surface area contributed by atoms with Gasteiger partial charge in [0.15, 0.2) is 24.5 Å². The van der Waals surface area contributed by atoms with E-state index < -0.39 is 91.1 Å². The number of primary amides is 1. The third-order valence-electron chi connectivity index (χ3n) is 10.9. The number of amides is 5. The van der Waals surface area contributed by atoms with Gasteiger partial charge in [0.1, 0.15) is 48.3 Å². The second-order valence-electron chi connectivity index (χ2n) is 16.2. The number of guanidine groups is 1. The van der Waals surface area contributed by atoms with Gasteiger partial charge in [-0.25, -0.2) is 9.48 Å². The van der Waals surface area contributed by atoms with Crippen LogP contribution in [0.5, 0.6) is 5.75 Å². The van der Waals surface area contributed by atoms with Crippen LogP contribution in [0.25, 0.3) is 0 Å². The lowest BCUT2D eigenvalue weighted by Crippen LogP contribution is -2.58. The van der Waals surface area contributed by atoms with E-state index in [-0.39, 0.29) is 69.2 Å². The number of hydrogen-bond donors (Lipinski definition) is 13. The Labute approximate surface area is 392 Å². The number of aryl methyl sites for hydroxylation is 2. The molecule has 370 valence electrons. The fraction of sp³-hybridized carbons (Fsp3) is 0.500. The lowest BCUT2D eigenvalue weighted by atomic mass is 9.95. The number of nitrogens with zero attached hydrogens (tertiary/aromatic N) is 4. The zero-order chi connectivity index (χ0) is 49.9. The normalized spacial score (nSPS) is 19.4. The van der Waals surface area contributed by atoms with E-state index >= 15 is 0 Å². The van der Waals surface area contributed by atoms with Crippen LogP contribution in [0.1, 0.15) is 66.3 Å². The monoisotopic (exact) mass is 950 g/mol. The predicted octanol–water partition coefficient (Wildman–Crippen LogP) is -3.37. The average molecular weight is 951 g/mol. The molecule has 68 heavy (non-hydrogen) atoms. The third kappa shape index (κ3) is 16.5. The summed E-state index contributed by atoms with van der Waals surface area (Å²) < 4.78 is 11.6. The van der Waals surface area contributed by atoms with Gasteiger partial charge >= 0.3 is 6.09 Å². The maximum atomic E-state index is 14.0. The van der Waals surface area contributed by atoms with Crippen LogP contribution in [0.2, 0.25) is 0 Å². The van der Waals surface area contributed by atoms with Crippen molar-refractivity contribution >= 4 is 35.7 Å². The number of aliphatic hydroxyl groups excluding tert-OH is 4. The van der Waals surface area contributed by atoms with Crippen molar-refractivity contribution in [2.24, 2.45) is 27.9 Å². The van der Waals surface area contributed by atoms with Crippen molar-refractivity contribution in [3.8, 4) is 17.6 Å². The van der Waals surface area contributed by atoms with Crippen molar-refractivity contribution in [2.75, 3.05) is 26.3 Å². The predicted molar refractivity (Wildman–Crippen MR) is 243 cm³/mol. The van der Waals surface area contributed by atoms with E-state index in [1.807, 2.05) is 0 Å². The molecule has 1 fully saturated rings. The van der Waals surface area contributed by atoms with Gasteiger partial charge in [-0.15, -0.1) is 5.10 Å². The van der Waals surface area contributed by atoms with Crippen LogP contribution in [0, 0.1) is 25.7 Å². The first-order chi connectivity index (χ1) is 32.4. The molecule has 1 aliphatic rings. The Kier molecular flexibility index (Phi) is 20.9. The standard InChI is InChI=1S/C44H62N12O12/c1-24-18-28(58)19-25(2)29(24)21-30(45)39(63)52-32(14-8-16-49-43(47)48)40(64)53-33(20-26-10-4-3-5-11-26)41(65)51-31(38(46)62)13-6-7-15-50-44(66)67-17-9-12-27-22-56(55-54-27)42-37(61)36(60)35(59)34(23-57)68-42/h3-5,10-11,18-19,22,30-37,42,57-61H,6-8,13-17,20-21,23,45H2,1-2H3,(H2,46,62)(H,50,66)(H,51,65)(H,52,63)(H,53,64)(H4,47,48,49)/t30-,31-,32+,33-,34+,35-,36-,37+,42-/m0/s1. The van der Waals surface area contributed by atoms with Crippen LogP contribution >= 0.6 is 0 Å². The molecule has 5 amide bonds. The van der Waals surface area contributed by atoms with Crippen molar-refractivity contribution in [3.63, 3.8) is 0 Å². The number of aromatic hydroxyl groups is 1. The van der Waals surface area contributed by atoms with Crippen LogP contribution in [-0.4, -0.2) is 151 Å². The van der Waals surface area contributed by atoms with Crippen molar-refractivity contribution in [1.29, 1.82) is 0 Å². The maximum absolute atomic E-state index is 14.0. The van der Waals surface area contributed by atoms with Gasteiger partial charge in [0.25, 0.3) is 0 Å². The molecule has 17 N–H and O–H groups in total.